The smallest absolute Gasteiger partial charge is 0.185 e. The van der Waals surface area contributed by atoms with Crippen LogP contribution in [-0.2, 0) is 32.5 Å². The molecule has 0 spiro atoms. The monoisotopic (exact) mass is 973 g/mol. The van der Waals surface area contributed by atoms with Crippen LogP contribution in [0.15, 0.2) is 98.1 Å². The van der Waals surface area contributed by atoms with Gasteiger partial charge in [0.05, 0.1) is 12.4 Å². The number of aliphatic hydroxyl groups excluding tert-OH is 2. The average molecular weight is 974 g/mol. The topological polar surface area (TPSA) is 247 Å². The first kappa shape index (κ1) is 53.5. The standard InChI is InChI=1S/C21H28N6O2.C14H14ClN5O.C7H15NO.C6H8N2O.FH/c1-2-17-14-23-27-19(22-13-16-6-5-9-25(29)15-16)12-20(24-21(17)27)26-10-4-3-7-18(26)8-11-28;1-2-11-8-17-20-13(6-12(15)18-14(11)20)16-7-10-4-3-5-19(21)9-10;9-6-4-7-3-1-2-5-8-7;7-4-6-2-1-3-8(9)5-6;/h5-6,9,12,14-15,18,22,28H,2-4,7-8,10-11,13H2,1H3;3-6,8-9,16H,2,7H2,1H3;7-9H,1-6H2;1-3,5H,4,7H2;1H/t18-;;7-;;/m0.0../s1. The molecule has 0 unspecified atom stereocenters. The van der Waals surface area contributed by atoms with Gasteiger partial charge in [-0.25, -0.2) is 9.97 Å². The minimum Gasteiger partial charge on any atom is -0.619 e. The number of nitrogens with one attached hydrogen (secondary N) is 3. The fraction of sp³-hybridized carbons (Fsp3) is 0.438. The molecule has 2 aliphatic rings. The Bertz CT molecular complexity index is 2630. The molecule has 0 saturated carbocycles. The third-order valence-corrected chi connectivity index (χ3v) is 12.0. The number of nitrogens with two attached hydrogens (primary N) is 1. The number of piperidine rings is 2. The summed E-state index contributed by atoms with van der Waals surface area (Å²) in [6.45, 7) is 8.19. The van der Waals surface area contributed by atoms with Crippen LogP contribution in [0, 0.1) is 15.6 Å². The van der Waals surface area contributed by atoms with Gasteiger partial charge in [-0.05, 0) is 82.5 Å². The molecule has 0 aliphatic carbocycles. The minimum atomic E-state index is 0. The average Bonchev–Trinajstić information content (AvgIpc) is 3.98. The van der Waals surface area contributed by atoms with Gasteiger partial charge in [-0.3, -0.25) is 4.70 Å². The quantitative estimate of drug-likeness (QED) is 0.0482. The SMILES string of the molecule is CCc1cnn2c(NCc3ccc[n+]([O-])c3)cc(Cl)nc12.CCc1cnn2c(NCc3ccc[n+]([O-])c3)cc(N3CCCC[C@H]3CCO)nc12.F.NCc1ccc[n+]([O-])c1.OCC[C@@H]1CCCCN1. The van der Waals surface area contributed by atoms with Gasteiger partial charge in [0.15, 0.2) is 48.5 Å². The predicted molar refractivity (Wildman–Crippen MR) is 265 cm³/mol. The van der Waals surface area contributed by atoms with Crippen LogP contribution in [0.25, 0.3) is 11.3 Å². The van der Waals surface area contributed by atoms with Crippen molar-refractivity contribution in [2.24, 2.45) is 5.73 Å². The Balaban J connectivity index is 0.000000192. The summed E-state index contributed by atoms with van der Waals surface area (Å²) in [5.41, 5.74) is 11.6. The largest absolute Gasteiger partial charge is 0.619 e. The molecule has 7 aromatic rings. The van der Waals surface area contributed by atoms with E-state index in [1.807, 2.05) is 41.9 Å². The molecular weight excluding hydrogens is 907 g/mol. The molecule has 0 aromatic carbocycles. The van der Waals surface area contributed by atoms with Crippen LogP contribution in [0.5, 0.6) is 0 Å². The first-order valence-corrected chi connectivity index (χ1v) is 23.8. The van der Waals surface area contributed by atoms with Crippen molar-refractivity contribution < 1.29 is 29.1 Å². The van der Waals surface area contributed by atoms with Crippen molar-refractivity contribution in [2.75, 3.05) is 41.8 Å². The van der Waals surface area contributed by atoms with E-state index in [-0.39, 0.29) is 11.3 Å². The number of aromatic nitrogens is 9. The van der Waals surface area contributed by atoms with Crippen LogP contribution in [0.4, 0.5) is 22.2 Å². The van der Waals surface area contributed by atoms with Crippen LogP contribution >= 0.6 is 11.6 Å². The molecule has 0 amide bonds. The maximum atomic E-state index is 11.5. The van der Waals surface area contributed by atoms with Crippen molar-refractivity contribution in [3.05, 3.63) is 147 Å². The van der Waals surface area contributed by atoms with E-state index in [1.54, 1.807) is 41.2 Å². The Kier molecular flexibility index (Phi) is 21.3. The van der Waals surface area contributed by atoms with Crippen molar-refractivity contribution in [3.63, 3.8) is 0 Å². The lowest BCUT2D eigenvalue weighted by Gasteiger charge is -2.36. The summed E-state index contributed by atoms with van der Waals surface area (Å²) >= 11 is 6.07. The Morgan fingerprint density at radius 1 is 0.739 bits per heavy atom. The third kappa shape index (κ3) is 15.5. The fourth-order valence-electron chi connectivity index (χ4n) is 8.17. The van der Waals surface area contributed by atoms with E-state index in [9.17, 15) is 20.7 Å². The van der Waals surface area contributed by atoms with Gasteiger partial charge in [0, 0.05) is 110 Å². The highest BCUT2D eigenvalue weighted by Crippen LogP contribution is 2.29. The minimum absolute atomic E-state index is 0. The van der Waals surface area contributed by atoms with Gasteiger partial charge in [-0.15, -0.1) is 0 Å². The fourth-order valence-corrected chi connectivity index (χ4v) is 8.35. The second-order valence-corrected chi connectivity index (χ2v) is 17.0. The van der Waals surface area contributed by atoms with Gasteiger partial charge in [-0.2, -0.15) is 33.4 Å². The second-order valence-electron chi connectivity index (χ2n) is 16.6. The molecule has 2 fully saturated rings. The molecule has 7 N–H and O–H groups in total. The van der Waals surface area contributed by atoms with Crippen LogP contribution in [0.1, 0.15) is 93.0 Å². The van der Waals surface area contributed by atoms with Gasteiger partial charge in [-0.1, -0.05) is 31.9 Å². The highest BCUT2D eigenvalue weighted by molar-refractivity contribution is 6.29. The molecule has 9 rings (SSSR count). The summed E-state index contributed by atoms with van der Waals surface area (Å²) in [6.07, 6.45) is 23.2. The maximum Gasteiger partial charge on any atom is 0.185 e. The molecule has 0 radical (unpaired) electrons. The molecule has 19 nitrogen and oxygen atoms in total. The molecule has 21 heteroatoms. The lowest BCUT2D eigenvalue weighted by molar-refractivity contribution is -0.606. The molecule has 2 atom stereocenters. The van der Waals surface area contributed by atoms with Crippen molar-refractivity contribution in [2.45, 2.75) is 110 Å². The van der Waals surface area contributed by atoms with Crippen LogP contribution in [0.3, 0.4) is 0 Å². The van der Waals surface area contributed by atoms with E-state index in [0.717, 1.165) is 122 Å². The lowest BCUT2D eigenvalue weighted by Crippen LogP contribution is -2.40. The Morgan fingerprint density at radius 3 is 1.78 bits per heavy atom. The number of hydrogen-bond acceptors (Lipinski definition) is 14. The van der Waals surface area contributed by atoms with Gasteiger partial charge >= 0.3 is 0 Å². The van der Waals surface area contributed by atoms with Gasteiger partial charge in [0.25, 0.3) is 0 Å². The van der Waals surface area contributed by atoms with E-state index in [0.29, 0.717) is 43.5 Å². The lowest BCUT2D eigenvalue weighted by atomic mass is 9.99. The highest BCUT2D eigenvalue weighted by atomic mass is 35.5. The van der Waals surface area contributed by atoms with E-state index in [2.05, 4.69) is 43.0 Å². The molecule has 0 bridgehead atoms. The van der Waals surface area contributed by atoms with Crippen LogP contribution < -0.4 is 40.8 Å². The molecule has 7 aromatic heterocycles. The Hall–Kier alpha value is -6.45. The summed E-state index contributed by atoms with van der Waals surface area (Å²) in [6, 6.07) is 15.4. The normalized spacial score (nSPS) is 15.4. The zero-order valence-electron chi connectivity index (χ0n) is 39.4. The van der Waals surface area contributed by atoms with E-state index >= 15 is 0 Å². The zero-order valence-corrected chi connectivity index (χ0v) is 40.1. The Labute approximate surface area is 406 Å². The molecule has 2 saturated heterocycles. The molecule has 2 aliphatic heterocycles. The number of nitrogens with zero attached hydrogens (tertiary/aromatic N) is 10. The summed E-state index contributed by atoms with van der Waals surface area (Å²) in [5.74, 6) is 2.51. The molecule has 372 valence electrons. The summed E-state index contributed by atoms with van der Waals surface area (Å²) in [4.78, 5) is 11.6. The number of halogens is 2. The first-order chi connectivity index (χ1) is 33.1. The number of aryl methyl sites for hydroxylation is 2. The number of aliphatic hydroxyl groups is 2. The summed E-state index contributed by atoms with van der Waals surface area (Å²) < 4.78 is 5.87. The number of fused-ring (bicyclic) bond motifs is 2. The predicted octanol–water partition coefficient (Wildman–Crippen LogP) is 4.91. The van der Waals surface area contributed by atoms with Crippen molar-refractivity contribution in [1.82, 2.24) is 34.5 Å². The number of hydrogen-bond donors (Lipinski definition) is 6. The van der Waals surface area contributed by atoms with E-state index in [4.69, 9.17) is 27.4 Å². The number of anilines is 3. The third-order valence-electron chi connectivity index (χ3n) is 11.8. The summed E-state index contributed by atoms with van der Waals surface area (Å²) in [5, 5.41) is 70.7. The maximum absolute atomic E-state index is 11.5. The van der Waals surface area contributed by atoms with Crippen molar-refractivity contribution >= 4 is 40.3 Å². The second kappa shape index (κ2) is 27.5. The van der Waals surface area contributed by atoms with Crippen molar-refractivity contribution in [1.29, 1.82) is 0 Å². The molecule has 69 heavy (non-hydrogen) atoms. The highest BCUT2D eigenvalue weighted by Gasteiger charge is 2.25. The van der Waals surface area contributed by atoms with Crippen LogP contribution in [-0.4, -0.2) is 77.8 Å². The first-order valence-electron chi connectivity index (χ1n) is 23.5. The van der Waals surface area contributed by atoms with Crippen LogP contribution in [0.2, 0.25) is 5.15 Å². The zero-order chi connectivity index (χ0) is 48.3. The number of rotatable bonds is 14. The number of pyridine rings is 3. The van der Waals surface area contributed by atoms with Gasteiger partial charge < -0.3 is 52.4 Å². The summed E-state index contributed by atoms with van der Waals surface area (Å²) in [7, 11) is 0. The molecule has 9 heterocycles. The molecular formula is C48H66ClFN14O5. The van der Waals surface area contributed by atoms with Crippen molar-refractivity contribution in [3.8, 4) is 0 Å². The van der Waals surface area contributed by atoms with Gasteiger partial charge in [0.1, 0.15) is 22.6 Å². The van der Waals surface area contributed by atoms with E-state index < -0.39 is 0 Å². The van der Waals surface area contributed by atoms with E-state index in [1.165, 1.54) is 56.7 Å². The van der Waals surface area contributed by atoms with Gasteiger partial charge in [0.2, 0.25) is 0 Å². The Morgan fingerprint density at radius 2 is 1.28 bits per heavy atom.